The second kappa shape index (κ2) is 7.17. The number of nitrogens with zero attached hydrogens (tertiary/aromatic N) is 3. The molecule has 1 heterocycles. The van der Waals surface area contributed by atoms with Crippen molar-refractivity contribution in [2.45, 2.75) is 26.3 Å². The van der Waals surface area contributed by atoms with Crippen molar-refractivity contribution in [3.63, 3.8) is 0 Å². The average Bonchev–Trinajstić information content (AvgIpc) is 3.01. The molecule has 0 bridgehead atoms. The fourth-order valence-corrected chi connectivity index (χ4v) is 2.65. The van der Waals surface area contributed by atoms with E-state index in [4.69, 9.17) is 0 Å². The van der Waals surface area contributed by atoms with Crippen LogP contribution in [0.1, 0.15) is 29.2 Å². The molecule has 0 aliphatic carbocycles. The molecule has 0 saturated carbocycles. The van der Waals surface area contributed by atoms with Gasteiger partial charge >= 0.3 is 0 Å². The maximum atomic E-state index is 12.1. The number of benzene rings is 1. The molecule has 0 radical (unpaired) electrons. The molecule has 0 saturated heterocycles. The van der Waals surface area contributed by atoms with Crippen molar-refractivity contribution in [1.82, 2.24) is 14.9 Å². The molecule has 0 fully saturated rings. The zero-order valence-electron chi connectivity index (χ0n) is 12.5. The molecule has 6 heteroatoms. The van der Waals surface area contributed by atoms with Crippen LogP contribution in [-0.2, 0) is 6.42 Å². The third-order valence-electron chi connectivity index (χ3n) is 3.48. The Morgan fingerprint density at radius 1 is 1.38 bits per heavy atom. The highest BCUT2D eigenvalue weighted by Gasteiger charge is 2.16. The highest BCUT2D eigenvalue weighted by molar-refractivity contribution is 7.08. The molecule has 1 aromatic heterocycles. The molecular formula is C15H20N4OS. The lowest BCUT2D eigenvalue weighted by atomic mass is 10.2. The molecular weight excluding hydrogens is 284 g/mol. The molecule has 1 N–H and O–H groups in total. The number of nitrogens with one attached hydrogen (secondary N) is 1. The summed E-state index contributed by atoms with van der Waals surface area (Å²) in [5.74, 6) is -0.0878. The highest BCUT2D eigenvalue weighted by Crippen LogP contribution is 2.14. The number of hydrogen-bond acceptors (Lipinski definition) is 5. The van der Waals surface area contributed by atoms with E-state index in [1.54, 1.807) is 0 Å². The second-order valence-corrected chi connectivity index (χ2v) is 5.66. The van der Waals surface area contributed by atoms with Gasteiger partial charge in [-0.05, 0) is 37.0 Å². The molecule has 1 amide bonds. The summed E-state index contributed by atoms with van der Waals surface area (Å²) in [6.07, 6.45) is 0.721. The summed E-state index contributed by atoms with van der Waals surface area (Å²) in [6.45, 7) is 4.63. The zero-order valence-corrected chi connectivity index (χ0v) is 13.4. The van der Waals surface area contributed by atoms with Crippen LogP contribution in [0.3, 0.4) is 0 Å². The van der Waals surface area contributed by atoms with Crippen LogP contribution in [0.4, 0.5) is 5.69 Å². The van der Waals surface area contributed by atoms with Crippen molar-refractivity contribution >= 4 is 23.1 Å². The molecule has 0 aliphatic rings. The van der Waals surface area contributed by atoms with E-state index in [9.17, 15) is 4.79 Å². The first kappa shape index (κ1) is 15.4. The van der Waals surface area contributed by atoms with Gasteiger partial charge in [0.2, 0.25) is 0 Å². The third kappa shape index (κ3) is 3.78. The van der Waals surface area contributed by atoms with E-state index in [1.807, 2.05) is 32.2 Å². The monoisotopic (exact) mass is 304 g/mol. The minimum atomic E-state index is -0.0878. The number of aryl methyl sites for hydroxylation is 1. The molecule has 0 unspecified atom stereocenters. The number of aromatic nitrogens is 2. The number of carbonyl (C=O) groups is 1. The fourth-order valence-electron chi connectivity index (χ4n) is 1.99. The van der Waals surface area contributed by atoms with E-state index >= 15 is 0 Å². The number of hydrogen-bond donors (Lipinski definition) is 1. The van der Waals surface area contributed by atoms with Gasteiger partial charge in [-0.2, -0.15) is 0 Å². The predicted octanol–water partition coefficient (Wildman–Crippen LogP) is 2.36. The molecule has 2 aromatic rings. The Bertz CT molecular complexity index is 584. The Kier molecular flexibility index (Phi) is 5.27. The van der Waals surface area contributed by atoms with E-state index in [-0.39, 0.29) is 11.9 Å². The van der Waals surface area contributed by atoms with Crippen LogP contribution in [0.2, 0.25) is 0 Å². The summed E-state index contributed by atoms with van der Waals surface area (Å²) >= 11 is 1.15. The fraction of sp³-hybridized carbons (Fsp3) is 0.400. The summed E-state index contributed by atoms with van der Waals surface area (Å²) in [7, 11) is 2.03. The average molecular weight is 304 g/mol. The quantitative estimate of drug-likeness (QED) is 0.890. The number of carbonyl (C=O) groups excluding carboxylic acids is 1. The zero-order chi connectivity index (χ0) is 15.2. The van der Waals surface area contributed by atoms with Crippen molar-refractivity contribution in [2.24, 2.45) is 0 Å². The number of anilines is 1. The molecule has 0 spiro atoms. The lowest BCUT2D eigenvalue weighted by Crippen LogP contribution is -2.40. The van der Waals surface area contributed by atoms with Crippen molar-refractivity contribution in [2.75, 3.05) is 18.5 Å². The Morgan fingerprint density at radius 3 is 2.76 bits per heavy atom. The first-order valence-electron chi connectivity index (χ1n) is 7.00. The predicted molar refractivity (Wildman–Crippen MR) is 85.9 cm³/mol. The summed E-state index contributed by atoms with van der Waals surface area (Å²) in [4.78, 5) is 14.9. The molecule has 0 aliphatic heterocycles. The standard InChI is InChI=1S/C15H20N4OS/c1-4-13-14(21-18-17-13)15(20)16-10-11(2)19(3)12-8-6-5-7-9-12/h5-9,11H,4,10H2,1-3H3,(H,16,20)/t11-/m0/s1. The van der Waals surface area contributed by atoms with Gasteiger partial charge in [-0.15, -0.1) is 5.10 Å². The molecule has 21 heavy (non-hydrogen) atoms. The molecule has 112 valence electrons. The second-order valence-electron chi connectivity index (χ2n) is 4.91. The van der Waals surface area contributed by atoms with Crippen LogP contribution >= 0.6 is 11.5 Å². The van der Waals surface area contributed by atoms with Gasteiger partial charge in [0, 0.05) is 25.3 Å². The van der Waals surface area contributed by atoms with Gasteiger partial charge < -0.3 is 10.2 Å². The van der Waals surface area contributed by atoms with E-state index in [0.29, 0.717) is 11.4 Å². The minimum Gasteiger partial charge on any atom is -0.370 e. The Labute approximate surface area is 129 Å². The van der Waals surface area contributed by atoms with Gasteiger partial charge in [-0.1, -0.05) is 29.6 Å². The highest BCUT2D eigenvalue weighted by atomic mass is 32.1. The van der Waals surface area contributed by atoms with Gasteiger partial charge in [0.05, 0.1) is 5.69 Å². The number of para-hydroxylation sites is 1. The normalized spacial score (nSPS) is 12.0. The van der Waals surface area contributed by atoms with Gasteiger partial charge in [-0.3, -0.25) is 4.79 Å². The van der Waals surface area contributed by atoms with Crippen LogP contribution in [0.15, 0.2) is 30.3 Å². The van der Waals surface area contributed by atoms with Crippen LogP contribution in [0.5, 0.6) is 0 Å². The van der Waals surface area contributed by atoms with Gasteiger partial charge in [0.15, 0.2) is 0 Å². The number of amides is 1. The van der Waals surface area contributed by atoms with Crippen LogP contribution in [0, 0.1) is 0 Å². The minimum absolute atomic E-state index is 0.0878. The SMILES string of the molecule is CCc1nnsc1C(=O)NC[C@H](C)N(C)c1ccccc1. The van der Waals surface area contributed by atoms with E-state index < -0.39 is 0 Å². The Morgan fingerprint density at radius 2 is 2.10 bits per heavy atom. The van der Waals surface area contributed by atoms with Crippen LogP contribution in [0.25, 0.3) is 0 Å². The number of rotatable bonds is 6. The lowest BCUT2D eigenvalue weighted by molar-refractivity contribution is 0.0954. The van der Waals surface area contributed by atoms with Crippen LogP contribution in [-0.4, -0.2) is 35.1 Å². The van der Waals surface area contributed by atoms with Gasteiger partial charge in [0.25, 0.3) is 5.91 Å². The first-order valence-corrected chi connectivity index (χ1v) is 7.78. The van der Waals surface area contributed by atoms with E-state index in [2.05, 4.69) is 38.9 Å². The Balaban J connectivity index is 1.92. The van der Waals surface area contributed by atoms with Crippen molar-refractivity contribution < 1.29 is 4.79 Å². The summed E-state index contributed by atoms with van der Waals surface area (Å²) < 4.78 is 3.84. The van der Waals surface area contributed by atoms with E-state index in [0.717, 1.165) is 29.3 Å². The lowest BCUT2D eigenvalue weighted by Gasteiger charge is -2.27. The van der Waals surface area contributed by atoms with E-state index in [1.165, 1.54) is 0 Å². The van der Waals surface area contributed by atoms with Crippen LogP contribution < -0.4 is 10.2 Å². The smallest absolute Gasteiger partial charge is 0.265 e. The maximum Gasteiger partial charge on any atom is 0.265 e. The maximum absolute atomic E-state index is 12.1. The molecule has 5 nitrogen and oxygen atoms in total. The topological polar surface area (TPSA) is 58.1 Å². The van der Waals surface area contributed by atoms with Gasteiger partial charge in [0.1, 0.15) is 4.88 Å². The van der Waals surface area contributed by atoms with Crippen molar-refractivity contribution in [1.29, 1.82) is 0 Å². The molecule has 1 aromatic carbocycles. The summed E-state index contributed by atoms with van der Waals surface area (Å²) in [6, 6.07) is 10.3. The molecule has 1 atom stereocenters. The third-order valence-corrected chi connectivity index (χ3v) is 4.25. The summed E-state index contributed by atoms with van der Waals surface area (Å²) in [5, 5.41) is 6.92. The van der Waals surface area contributed by atoms with Crippen molar-refractivity contribution in [3.8, 4) is 0 Å². The number of likely N-dealkylation sites (N-methyl/N-ethyl adjacent to an activating group) is 1. The largest absolute Gasteiger partial charge is 0.370 e. The Hall–Kier alpha value is -1.95. The van der Waals surface area contributed by atoms with Gasteiger partial charge in [-0.25, -0.2) is 0 Å². The van der Waals surface area contributed by atoms with Crippen molar-refractivity contribution in [3.05, 3.63) is 40.9 Å². The first-order chi connectivity index (χ1) is 10.1. The summed E-state index contributed by atoms with van der Waals surface area (Å²) in [5.41, 5.74) is 1.90. The molecule has 2 rings (SSSR count).